The Labute approximate surface area is 96.0 Å². The second-order valence-electron chi connectivity index (χ2n) is 3.63. The number of hydrogen-bond acceptors (Lipinski definition) is 3. The molecule has 16 heavy (non-hydrogen) atoms. The number of nitrogens with one attached hydrogen (secondary N) is 2. The van der Waals surface area contributed by atoms with Crippen LogP contribution in [-0.2, 0) is 4.79 Å². The number of thiophene rings is 1. The van der Waals surface area contributed by atoms with E-state index in [0.717, 1.165) is 21.8 Å². The fourth-order valence-electron chi connectivity index (χ4n) is 1.72. The molecule has 80 valence electrons. The summed E-state index contributed by atoms with van der Waals surface area (Å²) in [5.41, 5.74) is 3.60. The van der Waals surface area contributed by atoms with Gasteiger partial charge in [-0.3, -0.25) is 9.89 Å². The molecular formula is C11H9N3OS. The lowest BCUT2D eigenvalue weighted by Crippen LogP contribution is -2.03. The van der Waals surface area contributed by atoms with Crippen molar-refractivity contribution < 1.29 is 4.79 Å². The van der Waals surface area contributed by atoms with Gasteiger partial charge in [0.2, 0.25) is 0 Å². The summed E-state index contributed by atoms with van der Waals surface area (Å²) in [6.07, 6.45) is 3.59. The fraction of sp³-hybridized carbons (Fsp3) is 0.0909. The van der Waals surface area contributed by atoms with Crippen molar-refractivity contribution in [2.75, 3.05) is 5.32 Å². The molecule has 0 bridgehead atoms. The molecule has 0 atom stereocenters. The Hall–Kier alpha value is -1.88. The highest BCUT2D eigenvalue weighted by Gasteiger charge is 2.25. The number of H-pyrrole nitrogens is 1. The lowest BCUT2D eigenvalue weighted by atomic mass is 10.1. The van der Waals surface area contributed by atoms with Gasteiger partial charge in [0.1, 0.15) is 5.00 Å². The molecule has 1 amide bonds. The molecule has 0 fully saturated rings. The molecule has 0 saturated heterocycles. The molecule has 4 nitrogen and oxygen atoms in total. The highest BCUT2D eigenvalue weighted by atomic mass is 32.1. The van der Waals surface area contributed by atoms with Gasteiger partial charge in [-0.05, 0) is 24.4 Å². The van der Waals surface area contributed by atoms with Crippen LogP contribution in [0.15, 0.2) is 17.6 Å². The number of hydrogen-bond donors (Lipinski definition) is 2. The van der Waals surface area contributed by atoms with Gasteiger partial charge in [0.15, 0.2) is 0 Å². The number of fused-ring (bicyclic) bond motifs is 1. The predicted molar refractivity (Wildman–Crippen MR) is 64.1 cm³/mol. The number of aromatic amines is 1. The minimum Gasteiger partial charge on any atom is -0.313 e. The smallest absolute Gasteiger partial charge is 0.257 e. The van der Waals surface area contributed by atoms with Gasteiger partial charge >= 0.3 is 0 Å². The number of aromatic nitrogens is 2. The van der Waals surface area contributed by atoms with Crippen molar-refractivity contribution in [3.05, 3.63) is 34.5 Å². The Morgan fingerprint density at radius 1 is 1.50 bits per heavy atom. The van der Waals surface area contributed by atoms with Gasteiger partial charge < -0.3 is 5.32 Å². The van der Waals surface area contributed by atoms with Gasteiger partial charge in [0.05, 0.1) is 11.8 Å². The zero-order chi connectivity index (χ0) is 11.1. The first-order chi connectivity index (χ1) is 7.75. The van der Waals surface area contributed by atoms with E-state index in [-0.39, 0.29) is 5.91 Å². The second kappa shape index (κ2) is 3.31. The van der Waals surface area contributed by atoms with E-state index in [1.807, 2.05) is 24.4 Å². The number of anilines is 1. The van der Waals surface area contributed by atoms with Crippen molar-refractivity contribution in [2.45, 2.75) is 6.92 Å². The van der Waals surface area contributed by atoms with Crippen LogP contribution >= 0.6 is 11.3 Å². The van der Waals surface area contributed by atoms with Crippen LogP contribution in [-0.4, -0.2) is 16.1 Å². The molecule has 3 rings (SSSR count). The van der Waals surface area contributed by atoms with Crippen molar-refractivity contribution in [3.8, 4) is 0 Å². The van der Waals surface area contributed by atoms with Crippen LogP contribution in [0.3, 0.4) is 0 Å². The molecule has 2 aromatic heterocycles. The molecule has 2 aromatic rings. The lowest BCUT2D eigenvalue weighted by Gasteiger charge is -1.94. The summed E-state index contributed by atoms with van der Waals surface area (Å²) in [5, 5.41) is 12.5. The van der Waals surface area contributed by atoms with Crippen molar-refractivity contribution in [3.63, 3.8) is 0 Å². The number of nitrogens with zero attached hydrogens (tertiary/aromatic N) is 1. The van der Waals surface area contributed by atoms with Crippen molar-refractivity contribution in [1.82, 2.24) is 10.2 Å². The largest absolute Gasteiger partial charge is 0.313 e. The summed E-state index contributed by atoms with van der Waals surface area (Å²) in [7, 11) is 0. The average Bonchev–Trinajstić information content (AvgIpc) is 2.89. The molecule has 1 aliphatic heterocycles. The molecule has 0 spiro atoms. The summed E-state index contributed by atoms with van der Waals surface area (Å²) in [4.78, 5) is 11.7. The summed E-state index contributed by atoms with van der Waals surface area (Å²) in [5.74, 6) is -0.0394. The first-order valence-corrected chi connectivity index (χ1v) is 5.74. The quantitative estimate of drug-likeness (QED) is 0.740. The first kappa shape index (κ1) is 9.35. The summed E-state index contributed by atoms with van der Waals surface area (Å²) >= 11 is 1.54. The van der Waals surface area contributed by atoms with Gasteiger partial charge in [-0.2, -0.15) is 5.10 Å². The third-order valence-corrected chi connectivity index (χ3v) is 3.43. The Bertz CT molecular complexity index is 594. The molecule has 0 unspecified atom stereocenters. The maximum atomic E-state index is 11.7. The topological polar surface area (TPSA) is 57.8 Å². The molecule has 0 saturated carbocycles. The monoisotopic (exact) mass is 231 g/mol. The molecule has 0 aromatic carbocycles. The number of rotatable bonds is 1. The SMILES string of the molecule is Cc1[nH]ncc1/C=C1/C(=O)Nc2sccc21. The third-order valence-electron chi connectivity index (χ3n) is 2.60. The Kier molecular flexibility index (Phi) is 1.94. The van der Waals surface area contributed by atoms with E-state index < -0.39 is 0 Å². The van der Waals surface area contributed by atoms with Crippen molar-refractivity contribution >= 4 is 33.9 Å². The number of amides is 1. The number of carbonyl (C=O) groups excluding carboxylic acids is 1. The normalized spacial score (nSPS) is 16.6. The van der Waals surface area contributed by atoms with E-state index in [2.05, 4.69) is 15.5 Å². The van der Waals surface area contributed by atoms with E-state index in [1.54, 1.807) is 17.5 Å². The number of carbonyl (C=O) groups is 1. The minimum atomic E-state index is -0.0394. The molecule has 3 heterocycles. The van der Waals surface area contributed by atoms with Crippen LogP contribution < -0.4 is 5.32 Å². The van der Waals surface area contributed by atoms with Gasteiger partial charge in [0.25, 0.3) is 5.91 Å². The average molecular weight is 231 g/mol. The van der Waals surface area contributed by atoms with E-state index in [0.29, 0.717) is 5.57 Å². The van der Waals surface area contributed by atoms with Crippen molar-refractivity contribution in [1.29, 1.82) is 0 Å². The maximum Gasteiger partial charge on any atom is 0.257 e. The van der Waals surface area contributed by atoms with Gasteiger partial charge in [-0.25, -0.2) is 0 Å². The summed E-state index contributed by atoms with van der Waals surface area (Å²) in [6, 6.07) is 1.96. The molecular weight excluding hydrogens is 222 g/mol. The summed E-state index contributed by atoms with van der Waals surface area (Å²) < 4.78 is 0. The fourth-order valence-corrected chi connectivity index (χ4v) is 2.51. The van der Waals surface area contributed by atoms with Crippen LogP contribution in [0.4, 0.5) is 5.00 Å². The van der Waals surface area contributed by atoms with E-state index in [1.165, 1.54) is 0 Å². The second-order valence-corrected chi connectivity index (χ2v) is 4.54. The molecule has 0 radical (unpaired) electrons. The van der Waals surface area contributed by atoms with Gasteiger partial charge in [-0.1, -0.05) is 0 Å². The molecule has 5 heteroatoms. The van der Waals surface area contributed by atoms with E-state index in [4.69, 9.17) is 0 Å². The lowest BCUT2D eigenvalue weighted by molar-refractivity contribution is -0.110. The van der Waals surface area contributed by atoms with Crippen molar-refractivity contribution in [2.24, 2.45) is 0 Å². The van der Waals surface area contributed by atoms with Crippen LogP contribution in [0.1, 0.15) is 16.8 Å². The zero-order valence-electron chi connectivity index (χ0n) is 8.57. The number of aryl methyl sites for hydroxylation is 1. The highest BCUT2D eigenvalue weighted by Crippen LogP contribution is 2.37. The first-order valence-electron chi connectivity index (χ1n) is 4.86. The standard InChI is InChI=1S/C11H9N3OS/c1-6-7(5-12-14-6)4-9-8-2-3-16-11(8)13-10(9)15/h2-5H,1H3,(H,12,14)(H,13,15)/b9-4+. The predicted octanol–water partition coefficient (Wildman–Crippen LogP) is 2.27. The Morgan fingerprint density at radius 3 is 3.12 bits per heavy atom. The van der Waals surface area contributed by atoms with E-state index >= 15 is 0 Å². The molecule has 0 aliphatic carbocycles. The van der Waals surface area contributed by atoms with Gasteiger partial charge in [-0.15, -0.1) is 11.3 Å². The Balaban J connectivity index is 2.11. The van der Waals surface area contributed by atoms with Gasteiger partial charge in [0, 0.05) is 16.8 Å². The van der Waals surface area contributed by atoms with Crippen LogP contribution in [0.25, 0.3) is 11.6 Å². The van der Waals surface area contributed by atoms with Crippen LogP contribution in [0, 0.1) is 6.92 Å². The highest BCUT2D eigenvalue weighted by molar-refractivity contribution is 7.15. The maximum absolute atomic E-state index is 11.7. The Morgan fingerprint density at radius 2 is 2.38 bits per heavy atom. The molecule has 1 aliphatic rings. The summed E-state index contributed by atoms with van der Waals surface area (Å²) in [6.45, 7) is 1.93. The third kappa shape index (κ3) is 1.29. The zero-order valence-corrected chi connectivity index (χ0v) is 9.39. The minimum absolute atomic E-state index is 0.0394. The molecule has 2 N–H and O–H groups in total. The van der Waals surface area contributed by atoms with E-state index in [9.17, 15) is 4.79 Å². The van der Waals surface area contributed by atoms with Crippen LogP contribution in [0.2, 0.25) is 0 Å². The van der Waals surface area contributed by atoms with Crippen LogP contribution in [0.5, 0.6) is 0 Å².